The number of carboxylic acid groups (broad SMARTS) is 1. The highest BCUT2D eigenvalue weighted by molar-refractivity contribution is 8.01. The summed E-state index contributed by atoms with van der Waals surface area (Å²) in [4.78, 5) is 31.8. The van der Waals surface area contributed by atoms with Gasteiger partial charge in [-0.3, -0.25) is 14.9 Å². The average molecular weight is 221 g/mol. The zero-order valence-electron chi connectivity index (χ0n) is 7.77. The Hall–Kier alpha value is -1.24. The Morgan fingerprint density at radius 2 is 2.07 bits per heavy atom. The largest absolute Gasteiger partial charge is 0.480 e. The highest BCUT2D eigenvalue weighted by atomic mass is 32.2. The van der Waals surface area contributed by atoms with Crippen molar-refractivity contribution in [3.05, 3.63) is 0 Å². The molecule has 0 bridgehead atoms. The van der Waals surface area contributed by atoms with E-state index in [0.29, 0.717) is 0 Å². The predicted molar refractivity (Wildman–Crippen MR) is 50.1 cm³/mol. The topological polar surface area (TPSA) is 92.7 Å². The molecular weight excluding hydrogens is 210 g/mol. The van der Waals surface area contributed by atoms with Crippen LogP contribution in [0.3, 0.4) is 0 Å². The van der Waals surface area contributed by atoms with Gasteiger partial charge in [0, 0.05) is 0 Å². The Balaban J connectivity index is 3.74. The third-order valence-corrected chi connectivity index (χ3v) is 2.37. The Labute approximate surface area is 85.0 Å². The summed E-state index contributed by atoms with van der Waals surface area (Å²) in [5.41, 5.74) is 0. The number of rotatable bonds is 4. The lowest BCUT2D eigenvalue weighted by Crippen LogP contribution is -2.32. The van der Waals surface area contributed by atoms with E-state index in [2.05, 4.69) is 4.74 Å². The molecular formula is C7H11NO5S. The standard InChI is InChI=1S/C7H11NO5S/c1-4(6(10)11)14-3-5(9)8-7(12)13-2/h4H,3H2,1-2H3,(H,10,11)(H,8,9,12). The van der Waals surface area contributed by atoms with E-state index in [4.69, 9.17) is 5.11 Å². The van der Waals surface area contributed by atoms with Gasteiger partial charge in [-0.1, -0.05) is 0 Å². The summed E-state index contributed by atoms with van der Waals surface area (Å²) in [7, 11) is 1.13. The second-order valence-electron chi connectivity index (χ2n) is 2.33. The Kier molecular flexibility index (Phi) is 5.70. The number of hydrogen-bond acceptors (Lipinski definition) is 5. The third kappa shape index (κ3) is 5.41. The number of nitrogens with one attached hydrogen (secondary N) is 1. The molecule has 2 amide bonds. The second-order valence-corrected chi connectivity index (χ2v) is 3.66. The van der Waals surface area contributed by atoms with Gasteiger partial charge in [0.05, 0.1) is 18.1 Å². The monoisotopic (exact) mass is 221 g/mol. The number of carbonyl (C=O) groups excluding carboxylic acids is 2. The summed E-state index contributed by atoms with van der Waals surface area (Å²) in [5, 5.41) is 9.71. The first kappa shape index (κ1) is 12.8. The van der Waals surface area contributed by atoms with Crippen molar-refractivity contribution >= 4 is 29.7 Å². The molecule has 0 heterocycles. The van der Waals surface area contributed by atoms with Gasteiger partial charge >= 0.3 is 12.1 Å². The number of thioether (sulfide) groups is 1. The summed E-state index contributed by atoms with van der Waals surface area (Å²) < 4.78 is 4.18. The minimum absolute atomic E-state index is 0.0947. The Bertz CT molecular complexity index is 242. The van der Waals surface area contributed by atoms with Gasteiger partial charge in [0.1, 0.15) is 0 Å². The molecule has 1 unspecified atom stereocenters. The van der Waals surface area contributed by atoms with Crippen molar-refractivity contribution in [2.75, 3.05) is 12.9 Å². The first-order valence-corrected chi connectivity index (χ1v) is 4.74. The maximum Gasteiger partial charge on any atom is 0.413 e. The van der Waals surface area contributed by atoms with E-state index >= 15 is 0 Å². The van der Waals surface area contributed by atoms with Crippen LogP contribution >= 0.6 is 11.8 Å². The Morgan fingerprint density at radius 1 is 1.50 bits per heavy atom. The van der Waals surface area contributed by atoms with Gasteiger partial charge in [-0.15, -0.1) is 11.8 Å². The van der Waals surface area contributed by atoms with Crippen LogP contribution in [-0.4, -0.2) is 41.2 Å². The maximum atomic E-state index is 10.9. The molecule has 0 saturated carbocycles. The highest BCUT2D eigenvalue weighted by Gasteiger charge is 2.14. The minimum atomic E-state index is -0.999. The summed E-state index contributed by atoms with van der Waals surface area (Å²) >= 11 is 0.926. The van der Waals surface area contributed by atoms with Crippen LogP contribution in [0.15, 0.2) is 0 Å². The molecule has 0 aliphatic carbocycles. The lowest BCUT2D eigenvalue weighted by molar-refractivity contribution is -0.136. The number of carbonyl (C=O) groups is 3. The number of carboxylic acids is 1. The molecule has 0 aromatic carbocycles. The second kappa shape index (κ2) is 6.25. The predicted octanol–water partition coefficient (Wildman–Crippen LogP) is 0.0753. The van der Waals surface area contributed by atoms with Crippen LogP contribution in [0.2, 0.25) is 0 Å². The summed E-state index contributed by atoms with van der Waals surface area (Å²) in [5.74, 6) is -1.67. The van der Waals surface area contributed by atoms with E-state index < -0.39 is 23.2 Å². The molecule has 0 saturated heterocycles. The van der Waals surface area contributed by atoms with Crippen molar-refractivity contribution in [1.29, 1.82) is 0 Å². The summed E-state index contributed by atoms with van der Waals surface area (Å²) in [6, 6.07) is 0. The summed E-state index contributed by atoms with van der Waals surface area (Å²) in [6.07, 6.45) is -0.849. The average Bonchev–Trinajstić information content (AvgIpc) is 2.13. The first-order chi connectivity index (χ1) is 6.47. The smallest absolute Gasteiger partial charge is 0.413 e. The van der Waals surface area contributed by atoms with Crippen molar-refractivity contribution in [2.45, 2.75) is 12.2 Å². The van der Waals surface area contributed by atoms with Gasteiger partial charge in [-0.2, -0.15) is 0 Å². The van der Waals surface area contributed by atoms with Crippen molar-refractivity contribution in [3.8, 4) is 0 Å². The molecule has 7 heteroatoms. The molecule has 14 heavy (non-hydrogen) atoms. The molecule has 0 aliphatic heterocycles. The molecule has 2 N–H and O–H groups in total. The van der Waals surface area contributed by atoms with Crippen LogP contribution in [0, 0.1) is 0 Å². The van der Waals surface area contributed by atoms with Gasteiger partial charge in [0.2, 0.25) is 5.91 Å². The molecule has 6 nitrogen and oxygen atoms in total. The van der Waals surface area contributed by atoms with Crippen LogP contribution in [0.4, 0.5) is 4.79 Å². The fourth-order valence-corrected chi connectivity index (χ4v) is 1.09. The highest BCUT2D eigenvalue weighted by Crippen LogP contribution is 2.09. The minimum Gasteiger partial charge on any atom is -0.480 e. The van der Waals surface area contributed by atoms with Crippen molar-refractivity contribution in [2.24, 2.45) is 0 Å². The zero-order chi connectivity index (χ0) is 11.1. The van der Waals surface area contributed by atoms with Crippen molar-refractivity contribution in [3.63, 3.8) is 0 Å². The fraction of sp³-hybridized carbons (Fsp3) is 0.571. The number of amides is 2. The van der Waals surface area contributed by atoms with Crippen LogP contribution in [-0.2, 0) is 14.3 Å². The zero-order valence-corrected chi connectivity index (χ0v) is 8.59. The van der Waals surface area contributed by atoms with Gasteiger partial charge in [0.25, 0.3) is 0 Å². The van der Waals surface area contributed by atoms with Gasteiger partial charge in [-0.05, 0) is 6.92 Å². The van der Waals surface area contributed by atoms with Crippen LogP contribution in [0.25, 0.3) is 0 Å². The normalized spacial score (nSPS) is 11.6. The van der Waals surface area contributed by atoms with Crippen molar-refractivity contribution in [1.82, 2.24) is 5.32 Å². The number of hydrogen-bond donors (Lipinski definition) is 2. The number of imide groups is 1. The SMILES string of the molecule is COC(=O)NC(=O)CSC(C)C(=O)O. The molecule has 0 fully saturated rings. The molecule has 1 atom stereocenters. The van der Waals surface area contributed by atoms with Gasteiger partial charge < -0.3 is 9.84 Å². The first-order valence-electron chi connectivity index (χ1n) is 3.69. The van der Waals surface area contributed by atoms with E-state index in [0.717, 1.165) is 18.9 Å². The van der Waals surface area contributed by atoms with Crippen LogP contribution in [0.1, 0.15) is 6.92 Å². The molecule has 0 rings (SSSR count). The van der Waals surface area contributed by atoms with E-state index in [1.807, 2.05) is 5.32 Å². The lowest BCUT2D eigenvalue weighted by Gasteiger charge is -2.05. The lowest BCUT2D eigenvalue weighted by atomic mass is 10.5. The Morgan fingerprint density at radius 3 is 2.50 bits per heavy atom. The van der Waals surface area contributed by atoms with Gasteiger partial charge in [0.15, 0.2) is 0 Å². The molecule has 0 radical (unpaired) electrons. The molecule has 0 aromatic heterocycles. The number of alkyl carbamates (subject to hydrolysis) is 1. The van der Waals surface area contributed by atoms with Crippen LogP contribution in [0.5, 0.6) is 0 Å². The number of aliphatic carboxylic acids is 1. The van der Waals surface area contributed by atoms with Crippen molar-refractivity contribution < 1.29 is 24.2 Å². The van der Waals surface area contributed by atoms with E-state index in [9.17, 15) is 14.4 Å². The molecule has 0 aromatic rings. The van der Waals surface area contributed by atoms with Crippen LogP contribution < -0.4 is 5.32 Å². The quantitative estimate of drug-likeness (QED) is 0.698. The fourth-order valence-electron chi connectivity index (χ4n) is 0.473. The molecule has 0 aliphatic rings. The summed E-state index contributed by atoms with van der Waals surface area (Å²) in [6.45, 7) is 1.46. The van der Waals surface area contributed by atoms with E-state index in [-0.39, 0.29) is 5.75 Å². The van der Waals surface area contributed by atoms with Gasteiger partial charge in [-0.25, -0.2) is 4.79 Å². The molecule has 80 valence electrons. The maximum absolute atomic E-state index is 10.9. The number of methoxy groups -OCH3 is 1. The van der Waals surface area contributed by atoms with E-state index in [1.165, 1.54) is 6.92 Å². The molecule has 0 spiro atoms. The number of ether oxygens (including phenoxy) is 1. The van der Waals surface area contributed by atoms with E-state index in [1.54, 1.807) is 0 Å². The third-order valence-electron chi connectivity index (χ3n) is 1.24.